The molecule has 3 heterocycles. The lowest BCUT2D eigenvalue weighted by Crippen LogP contribution is -2.54. The predicted molar refractivity (Wildman–Crippen MR) is 124 cm³/mol. The Morgan fingerprint density at radius 3 is 2.68 bits per heavy atom. The maximum Gasteiger partial charge on any atom is 0.339 e. The van der Waals surface area contributed by atoms with Gasteiger partial charge in [-0.25, -0.2) is 14.6 Å². The number of imide groups is 1. The van der Waals surface area contributed by atoms with Crippen LogP contribution in [0.5, 0.6) is 0 Å². The number of ether oxygens (including phenoxy) is 1. The molecule has 1 aromatic heterocycles. The molecule has 1 aliphatic carbocycles. The Morgan fingerprint density at radius 1 is 1.15 bits per heavy atom. The summed E-state index contributed by atoms with van der Waals surface area (Å²) in [4.78, 5) is 59.9. The van der Waals surface area contributed by atoms with Crippen molar-refractivity contribution >= 4 is 29.6 Å². The van der Waals surface area contributed by atoms with E-state index >= 15 is 0 Å². The SMILES string of the molecule is CCOC(=O)c1ccc(N2CCCN(C(=O)CN3C(=O)NC4(CCCCC4C)C3=O)CC2)nc1. The van der Waals surface area contributed by atoms with Crippen LogP contribution in [0.1, 0.15) is 56.3 Å². The molecule has 2 atom stereocenters. The Balaban J connectivity index is 1.35. The first kappa shape index (κ1) is 24.0. The molecule has 1 spiro atoms. The summed E-state index contributed by atoms with van der Waals surface area (Å²) in [5.74, 6) is -0.104. The highest BCUT2D eigenvalue weighted by Crippen LogP contribution is 2.38. The molecule has 4 rings (SSSR count). The van der Waals surface area contributed by atoms with E-state index in [1.165, 1.54) is 6.20 Å². The van der Waals surface area contributed by atoms with Crippen LogP contribution < -0.4 is 10.2 Å². The second kappa shape index (κ2) is 9.99. The van der Waals surface area contributed by atoms with Gasteiger partial charge in [0, 0.05) is 32.4 Å². The summed E-state index contributed by atoms with van der Waals surface area (Å²) in [5, 5.41) is 2.91. The van der Waals surface area contributed by atoms with Gasteiger partial charge in [0.25, 0.3) is 5.91 Å². The number of carbonyl (C=O) groups is 4. The minimum atomic E-state index is -0.855. The van der Waals surface area contributed by atoms with Gasteiger partial charge in [-0.2, -0.15) is 0 Å². The van der Waals surface area contributed by atoms with Crippen LogP contribution in [-0.2, 0) is 14.3 Å². The Kier molecular flexibility index (Phi) is 7.04. The van der Waals surface area contributed by atoms with E-state index in [4.69, 9.17) is 4.74 Å². The second-order valence-electron chi connectivity index (χ2n) is 9.29. The summed E-state index contributed by atoms with van der Waals surface area (Å²) in [6, 6.07) is 3.00. The molecule has 0 radical (unpaired) electrons. The van der Waals surface area contributed by atoms with Crippen molar-refractivity contribution in [2.75, 3.05) is 44.2 Å². The number of rotatable bonds is 5. The van der Waals surface area contributed by atoms with Gasteiger partial charge in [-0.15, -0.1) is 0 Å². The molecule has 10 nitrogen and oxygen atoms in total. The largest absolute Gasteiger partial charge is 0.462 e. The summed E-state index contributed by atoms with van der Waals surface area (Å²) in [5.41, 5.74) is -0.456. The molecule has 1 saturated carbocycles. The third-order valence-corrected chi connectivity index (χ3v) is 7.23. The monoisotopic (exact) mass is 471 g/mol. The quantitative estimate of drug-likeness (QED) is 0.515. The number of esters is 1. The van der Waals surface area contributed by atoms with Gasteiger partial charge in [-0.1, -0.05) is 19.8 Å². The van der Waals surface area contributed by atoms with E-state index in [0.29, 0.717) is 44.8 Å². The van der Waals surface area contributed by atoms with Gasteiger partial charge in [0.05, 0.1) is 12.2 Å². The smallest absolute Gasteiger partial charge is 0.339 e. The van der Waals surface area contributed by atoms with Crippen molar-refractivity contribution < 1.29 is 23.9 Å². The van der Waals surface area contributed by atoms with E-state index in [9.17, 15) is 19.2 Å². The van der Waals surface area contributed by atoms with Crippen LogP contribution in [0.3, 0.4) is 0 Å². The molecule has 2 aliphatic heterocycles. The van der Waals surface area contributed by atoms with Crippen molar-refractivity contribution in [3.05, 3.63) is 23.9 Å². The maximum absolute atomic E-state index is 13.2. The summed E-state index contributed by atoms with van der Waals surface area (Å²) >= 11 is 0. The zero-order valence-corrected chi connectivity index (χ0v) is 19.9. The van der Waals surface area contributed by atoms with E-state index in [1.807, 2.05) is 6.92 Å². The Hall–Kier alpha value is -3.17. The van der Waals surface area contributed by atoms with E-state index in [2.05, 4.69) is 15.2 Å². The topological polar surface area (TPSA) is 112 Å². The highest BCUT2D eigenvalue weighted by atomic mass is 16.5. The Bertz CT molecular complexity index is 952. The lowest BCUT2D eigenvalue weighted by molar-refractivity contribution is -0.140. The lowest BCUT2D eigenvalue weighted by Gasteiger charge is -2.36. The first-order valence-electron chi connectivity index (χ1n) is 12.2. The van der Waals surface area contributed by atoms with Crippen LogP contribution in [0.4, 0.5) is 10.6 Å². The highest BCUT2D eigenvalue weighted by molar-refractivity contribution is 6.09. The number of amides is 4. The number of aromatic nitrogens is 1. The van der Waals surface area contributed by atoms with Crippen LogP contribution in [0.2, 0.25) is 0 Å². The Morgan fingerprint density at radius 2 is 1.97 bits per heavy atom. The predicted octanol–water partition coefficient (Wildman–Crippen LogP) is 1.80. The van der Waals surface area contributed by atoms with Crippen molar-refractivity contribution in [1.29, 1.82) is 0 Å². The fraction of sp³-hybridized carbons (Fsp3) is 0.625. The number of nitrogens with one attached hydrogen (secondary N) is 1. The molecular formula is C24H33N5O5. The number of carbonyl (C=O) groups excluding carboxylic acids is 4. The van der Waals surface area contributed by atoms with Gasteiger partial charge in [-0.3, -0.25) is 14.5 Å². The van der Waals surface area contributed by atoms with E-state index in [-0.39, 0.29) is 24.3 Å². The van der Waals surface area contributed by atoms with Crippen molar-refractivity contribution in [2.45, 2.75) is 51.5 Å². The van der Waals surface area contributed by atoms with Crippen molar-refractivity contribution in [3.63, 3.8) is 0 Å². The van der Waals surface area contributed by atoms with Gasteiger partial charge in [0.1, 0.15) is 17.9 Å². The zero-order chi connectivity index (χ0) is 24.3. The van der Waals surface area contributed by atoms with Gasteiger partial charge < -0.3 is 19.9 Å². The minimum absolute atomic E-state index is 0.0623. The highest BCUT2D eigenvalue weighted by Gasteiger charge is 2.55. The summed E-state index contributed by atoms with van der Waals surface area (Å²) in [7, 11) is 0. The molecule has 2 unspecified atom stereocenters. The number of hydrogen-bond donors (Lipinski definition) is 1. The van der Waals surface area contributed by atoms with Gasteiger partial charge in [0.15, 0.2) is 0 Å². The molecule has 3 fully saturated rings. The molecule has 2 saturated heterocycles. The normalized spacial score (nSPS) is 25.4. The first-order valence-corrected chi connectivity index (χ1v) is 12.2. The number of nitrogens with zero attached hydrogens (tertiary/aromatic N) is 4. The van der Waals surface area contributed by atoms with Gasteiger partial charge in [-0.05, 0) is 44.2 Å². The zero-order valence-electron chi connectivity index (χ0n) is 19.9. The fourth-order valence-corrected chi connectivity index (χ4v) is 5.18. The van der Waals surface area contributed by atoms with E-state index in [0.717, 1.165) is 36.4 Å². The molecule has 4 amide bonds. The standard InChI is InChI=1S/C24H33N5O5/c1-3-34-21(31)18-8-9-19(25-15-18)27-11-6-12-28(14-13-27)20(30)16-29-22(32)24(26-23(29)33)10-5-4-7-17(24)2/h8-9,15,17H,3-7,10-14,16H2,1-2H3,(H,26,33). The number of anilines is 1. The average molecular weight is 472 g/mol. The van der Waals surface area contributed by atoms with Gasteiger partial charge >= 0.3 is 12.0 Å². The van der Waals surface area contributed by atoms with Gasteiger partial charge in [0.2, 0.25) is 5.91 Å². The third-order valence-electron chi connectivity index (χ3n) is 7.23. The number of hydrogen-bond acceptors (Lipinski definition) is 7. The molecule has 34 heavy (non-hydrogen) atoms. The molecule has 1 N–H and O–H groups in total. The second-order valence-corrected chi connectivity index (χ2v) is 9.29. The van der Waals surface area contributed by atoms with Crippen molar-refractivity contribution in [1.82, 2.24) is 20.1 Å². The van der Waals surface area contributed by atoms with Crippen LogP contribution in [0, 0.1) is 5.92 Å². The molecule has 1 aromatic rings. The van der Waals surface area contributed by atoms with Crippen LogP contribution >= 0.6 is 0 Å². The van der Waals surface area contributed by atoms with Crippen LogP contribution in [-0.4, -0.2) is 83.5 Å². The van der Waals surface area contributed by atoms with Crippen LogP contribution in [0.15, 0.2) is 18.3 Å². The van der Waals surface area contributed by atoms with Crippen molar-refractivity contribution in [2.24, 2.45) is 5.92 Å². The molecule has 10 heteroatoms. The van der Waals surface area contributed by atoms with E-state index < -0.39 is 17.5 Å². The summed E-state index contributed by atoms with van der Waals surface area (Å²) in [6.07, 6.45) is 5.70. The fourth-order valence-electron chi connectivity index (χ4n) is 5.18. The number of pyridine rings is 1. The molecule has 3 aliphatic rings. The van der Waals surface area contributed by atoms with Crippen LogP contribution in [0.25, 0.3) is 0 Å². The minimum Gasteiger partial charge on any atom is -0.462 e. The third kappa shape index (κ3) is 4.58. The summed E-state index contributed by atoms with van der Waals surface area (Å²) < 4.78 is 4.99. The lowest BCUT2D eigenvalue weighted by atomic mass is 9.73. The maximum atomic E-state index is 13.2. The van der Waals surface area contributed by atoms with E-state index in [1.54, 1.807) is 24.0 Å². The molecular weight excluding hydrogens is 438 g/mol. The molecule has 0 bridgehead atoms. The van der Waals surface area contributed by atoms with Crippen molar-refractivity contribution in [3.8, 4) is 0 Å². The summed E-state index contributed by atoms with van der Waals surface area (Å²) in [6.45, 7) is 6.11. The molecule has 184 valence electrons. The number of urea groups is 1. The average Bonchev–Trinajstić information content (AvgIpc) is 3.00. The first-order chi connectivity index (χ1) is 16.4. The Labute approximate surface area is 199 Å². The molecule has 0 aromatic carbocycles.